The number of hydrogen-bond acceptors (Lipinski definition) is 4. The van der Waals surface area contributed by atoms with Crippen LogP contribution in [-0.2, 0) is 15.8 Å². The molecule has 8 nitrogen and oxygen atoms in total. The molecule has 11 heteroatoms. The Morgan fingerprint density at radius 1 is 0.944 bits per heavy atom. The van der Waals surface area contributed by atoms with E-state index in [-0.39, 0.29) is 37.7 Å². The summed E-state index contributed by atoms with van der Waals surface area (Å²) >= 11 is 0. The predicted molar refractivity (Wildman–Crippen MR) is 126 cm³/mol. The number of nitrogens with one attached hydrogen (secondary N) is 1. The molecule has 1 aliphatic rings. The molecule has 1 aliphatic heterocycles. The summed E-state index contributed by atoms with van der Waals surface area (Å²) in [7, 11) is 0. The lowest BCUT2D eigenvalue weighted by molar-refractivity contribution is -0.141. The van der Waals surface area contributed by atoms with Crippen LogP contribution in [0.3, 0.4) is 0 Å². The van der Waals surface area contributed by atoms with Crippen molar-refractivity contribution in [2.75, 3.05) is 31.1 Å². The average Bonchev–Trinajstić information content (AvgIpc) is 3.34. The number of carbonyl (C=O) groups excluding carboxylic acids is 3. The molecule has 36 heavy (non-hydrogen) atoms. The molecule has 1 N–H and O–H groups in total. The van der Waals surface area contributed by atoms with Gasteiger partial charge >= 0.3 is 6.18 Å². The fourth-order valence-electron chi connectivity index (χ4n) is 3.92. The Morgan fingerprint density at radius 2 is 1.58 bits per heavy atom. The van der Waals surface area contributed by atoms with Gasteiger partial charge in [0.2, 0.25) is 11.8 Å². The smallest absolute Gasteiger partial charge is 0.352 e. The van der Waals surface area contributed by atoms with Crippen LogP contribution in [0.2, 0.25) is 0 Å². The van der Waals surface area contributed by atoms with Gasteiger partial charge in [-0.15, -0.1) is 0 Å². The minimum atomic E-state index is -4.81. The van der Waals surface area contributed by atoms with E-state index in [0.29, 0.717) is 18.8 Å². The van der Waals surface area contributed by atoms with Crippen molar-refractivity contribution < 1.29 is 27.6 Å². The van der Waals surface area contributed by atoms with Crippen molar-refractivity contribution >= 4 is 23.4 Å². The van der Waals surface area contributed by atoms with E-state index in [9.17, 15) is 27.6 Å². The predicted octanol–water partition coefficient (Wildman–Crippen LogP) is 3.28. The first-order chi connectivity index (χ1) is 17.2. The molecule has 2 aromatic carbocycles. The number of benzene rings is 2. The van der Waals surface area contributed by atoms with Crippen LogP contribution in [0.25, 0.3) is 5.69 Å². The zero-order chi connectivity index (χ0) is 25.7. The Morgan fingerprint density at radius 3 is 2.19 bits per heavy atom. The lowest BCUT2D eigenvalue weighted by Crippen LogP contribution is -2.52. The van der Waals surface area contributed by atoms with Gasteiger partial charge < -0.3 is 15.1 Å². The Labute approximate surface area is 205 Å². The van der Waals surface area contributed by atoms with E-state index in [1.54, 1.807) is 35.2 Å². The van der Waals surface area contributed by atoms with Gasteiger partial charge in [-0.2, -0.15) is 18.3 Å². The fourth-order valence-corrected chi connectivity index (χ4v) is 3.92. The average molecular weight is 499 g/mol. The first-order valence-corrected chi connectivity index (χ1v) is 11.4. The number of aromatic nitrogens is 2. The Balaban J connectivity index is 1.29. The Bertz CT molecular complexity index is 1230. The van der Waals surface area contributed by atoms with E-state index in [0.717, 1.165) is 16.6 Å². The molecule has 0 unspecified atom stereocenters. The second-order valence-electron chi connectivity index (χ2n) is 8.22. The van der Waals surface area contributed by atoms with Crippen molar-refractivity contribution in [1.29, 1.82) is 0 Å². The molecule has 1 fully saturated rings. The molecular formula is C25H24F3N5O3. The maximum Gasteiger partial charge on any atom is 0.435 e. The molecule has 1 saturated heterocycles. The van der Waals surface area contributed by atoms with Gasteiger partial charge in [0.15, 0.2) is 5.69 Å². The molecule has 1 aromatic heterocycles. The Hall–Kier alpha value is -4.15. The number of piperazine rings is 1. The van der Waals surface area contributed by atoms with E-state index in [1.807, 2.05) is 30.3 Å². The van der Waals surface area contributed by atoms with Crippen LogP contribution >= 0.6 is 0 Å². The minimum Gasteiger partial charge on any atom is -0.352 e. The highest BCUT2D eigenvalue weighted by atomic mass is 19.4. The number of anilines is 1. The first-order valence-electron chi connectivity index (χ1n) is 11.4. The van der Waals surface area contributed by atoms with Crippen molar-refractivity contribution in [2.45, 2.75) is 19.0 Å². The van der Waals surface area contributed by atoms with Gasteiger partial charge in [0.1, 0.15) is 6.54 Å². The van der Waals surface area contributed by atoms with Crippen molar-refractivity contribution in [3.05, 3.63) is 78.1 Å². The molecule has 0 atom stereocenters. The third-order valence-electron chi connectivity index (χ3n) is 5.74. The summed E-state index contributed by atoms with van der Waals surface area (Å²) in [5.74, 6) is -1.37. The molecule has 0 saturated carbocycles. The Kier molecular flexibility index (Phi) is 7.37. The molecule has 0 spiro atoms. The zero-order valence-corrected chi connectivity index (χ0v) is 19.2. The standard InChI is InChI=1S/C25H24F3N5O3/c26-25(27,28)23-20(16-33(30-23)19-10-5-2-6-11-19)24(36)29-13-7-12-21(34)31-14-15-32(22(35)17-31)18-8-3-1-4-9-18/h1-6,8-11,16H,7,12-15,17H2,(H,29,36). The van der Waals surface area contributed by atoms with E-state index in [2.05, 4.69) is 10.4 Å². The van der Waals surface area contributed by atoms with Crippen molar-refractivity contribution in [3.8, 4) is 5.69 Å². The molecule has 0 aliphatic carbocycles. The normalized spacial score (nSPS) is 14.1. The maximum atomic E-state index is 13.5. The second-order valence-corrected chi connectivity index (χ2v) is 8.22. The summed E-state index contributed by atoms with van der Waals surface area (Å²) in [4.78, 5) is 40.6. The van der Waals surface area contributed by atoms with E-state index < -0.39 is 23.3 Å². The summed E-state index contributed by atoms with van der Waals surface area (Å²) in [6.07, 6.45) is -3.51. The fraction of sp³-hybridized carbons (Fsp3) is 0.280. The molecule has 2 heterocycles. The van der Waals surface area contributed by atoms with Gasteiger partial charge in [0, 0.05) is 37.9 Å². The van der Waals surface area contributed by atoms with Crippen molar-refractivity contribution in [2.24, 2.45) is 0 Å². The third kappa shape index (κ3) is 5.73. The number of amides is 3. The molecule has 0 radical (unpaired) electrons. The molecule has 4 rings (SSSR count). The number of alkyl halides is 3. The van der Waals surface area contributed by atoms with Crippen LogP contribution in [0.15, 0.2) is 66.9 Å². The first kappa shape index (κ1) is 25.0. The minimum absolute atomic E-state index is 0.00366. The number of carbonyl (C=O) groups is 3. The van der Waals surface area contributed by atoms with Crippen LogP contribution in [0, 0.1) is 0 Å². The maximum absolute atomic E-state index is 13.5. The number of hydrogen-bond donors (Lipinski definition) is 1. The monoisotopic (exact) mass is 499 g/mol. The molecule has 188 valence electrons. The van der Waals surface area contributed by atoms with Gasteiger partial charge in [-0.1, -0.05) is 36.4 Å². The summed E-state index contributed by atoms with van der Waals surface area (Å²) in [5.41, 5.74) is -0.726. The van der Waals surface area contributed by atoms with Crippen LogP contribution in [0.1, 0.15) is 28.9 Å². The van der Waals surface area contributed by atoms with Crippen LogP contribution in [0.5, 0.6) is 0 Å². The highest BCUT2D eigenvalue weighted by Crippen LogP contribution is 2.31. The van der Waals surface area contributed by atoms with Crippen LogP contribution in [0.4, 0.5) is 18.9 Å². The quantitative estimate of drug-likeness (QED) is 0.506. The summed E-state index contributed by atoms with van der Waals surface area (Å²) in [6, 6.07) is 17.3. The topological polar surface area (TPSA) is 87.5 Å². The largest absolute Gasteiger partial charge is 0.435 e. The number of rotatable bonds is 7. The number of nitrogens with zero attached hydrogens (tertiary/aromatic N) is 4. The summed E-state index contributed by atoms with van der Waals surface area (Å²) in [6.45, 7) is 0.695. The van der Waals surface area contributed by atoms with E-state index >= 15 is 0 Å². The lowest BCUT2D eigenvalue weighted by Gasteiger charge is -2.34. The molecular weight excluding hydrogens is 475 g/mol. The third-order valence-corrected chi connectivity index (χ3v) is 5.74. The van der Waals surface area contributed by atoms with Gasteiger partial charge in [-0.25, -0.2) is 4.68 Å². The van der Waals surface area contributed by atoms with Gasteiger partial charge in [0.25, 0.3) is 5.91 Å². The summed E-state index contributed by atoms with van der Waals surface area (Å²) in [5, 5.41) is 5.99. The molecule has 3 aromatic rings. The summed E-state index contributed by atoms with van der Waals surface area (Å²) < 4.78 is 41.4. The van der Waals surface area contributed by atoms with Gasteiger partial charge in [-0.05, 0) is 30.7 Å². The lowest BCUT2D eigenvalue weighted by atomic mass is 10.2. The zero-order valence-electron chi connectivity index (χ0n) is 19.2. The van der Waals surface area contributed by atoms with Crippen molar-refractivity contribution in [1.82, 2.24) is 20.0 Å². The van der Waals surface area contributed by atoms with Crippen LogP contribution in [-0.4, -0.2) is 58.6 Å². The number of para-hydroxylation sites is 2. The van der Waals surface area contributed by atoms with Crippen LogP contribution < -0.4 is 10.2 Å². The molecule has 3 amide bonds. The molecule has 0 bridgehead atoms. The van der Waals surface area contributed by atoms with Gasteiger partial charge in [0.05, 0.1) is 11.3 Å². The SMILES string of the molecule is O=C(NCCCC(=O)N1CCN(c2ccccc2)C(=O)C1)c1cn(-c2ccccc2)nc1C(F)(F)F. The highest BCUT2D eigenvalue weighted by Gasteiger charge is 2.39. The van der Waals surface area contributed by atoms with E-state index in [1.165, 1.54) is 4.90 Å². The van der Waals surface area contributed by atoms with Gasteiger partial charge in [-0.3, -0.25) is 14.4 Å². The van der Waals surface area contributed by atoms with E-state index in [4.69, 9.17) is 0 Å². The highest BCUT2D eigenvalue weighted by molar-refractivity contribution is 5.98. The second kappa shape index (κ2) is 10.6. The van der Waals surface area contributed by atoms with Crippen molar-refractivity contribution in [3.63, 3.8) is 0 Å². The number of halogens is 3.